The smallest absolute Gasteiger partial charge is 0.249 e. The molecule has 1 aliphatic carbocycles. The van der Waals surface area contributed by atoms with Gasteiger partial charge in [0.05, 0.1) is 16.9 Å². The summed E-state index contributed by atoms with van der Waals surface area (Å²) in [6.45, 7) is 0. The summed E-state index contributed by atoms with van der Waals surface area (Å²) in [5, 5.41) is 23.3. The van der Waals surface area contributed by atoms with Gasteiger partial charge in [0.15, 0.2) is 5.65 Å². The molecule has 2 fully saturated rings. The minimum absolute atomic E-state index is 0.209. The molecule has 1 aromatic carbocycles. The van der Waals surface area contributed by atoms with Gasteiger partial charge < -0.3 is 21.1 Å². The third kappa shape index (κ3) is 3.69. The van der Waals surface area contributed by atoms with Gasteiger partial charge in [-0.25, -0.2) is 9.37 Å². The van der Waals surface area contributed by atoms with Crippen molar-refractivity contribution in [2.24, 2.45) is 0 Å². The Kier molecular flexibility index (Phi) is 4.56. The van der Waals surface area contributed by atoms with Gasteiger partial charge in [0.25, 0.3) is 0 Å². The number of aliphatic hydroxyl groups excluding tert-OH is 1. The highest BCUT2D eigenvalue weighted by atomic mass is 35.5. The van der Waals surface area contributed by atoms with Gasteiger partial charge in [-0.2, -0.15) is 9.61 Å². The second-order valence-corrected chi connectivity index (χ2v) is 7.80. The second-order valence-electron chi connectivity index (χ2n) is 7.39. The molecule has 1 saturated heterocycles. The van der Waals surface area contributed by atoms with Crippen molar-refractivity contribution in [3.05, 3.63) is 52.4 Å². The van der Waals surface area contributed by atoms with Crippen LogP contribution < -0.4 is 16.0 Å². The number of nitrogens with one attached hydrogen (secondary N) is 3. The largest absolute Gasteiger partial charge is 0.373 e. The lowest BCUT2D eigenvalue weighted by Crippen LogP contribution is -2.24. The van der Waals surface area contributed by atoms with E-state index in [1.54, 1.807) is 22.9 Å². The standard InChI is InChI=1S/C20H18ClFN6O2/c21-14-4-1-12(22)7-15(14)25-16-8-17(24-13-2-3-13)28-19(26-16)11(9-23-28)5-10-6-18(29)27-20(10)30/h1,4-5,7-9,13,18,24,29H,2-3,6H2,(H,25,26)(H,27,30). The fourth-order valence-corrected chi connectivity index (χ4v) is 3.49. The number of nitrogens with zero attached hydrogens (tertiary/aromatic N) is 3. The first kappa shape index (κ1) is 18.8. The Balaban J connectivity index is 1.58. The van der Waals surface area contributed by atoms with Crippen LogP contribution in [0.15, 0.2) is 36.0 Å². The van der Waals surface area contributed by atoms with Gasteiger partial charge in [-0.1, -0.05) is 11.6 Å². The van der Waals surface area contributed by atoms with E-state index in [0.717, 1.165) is 18.7 Å². The van der Waals surface area contributed by atoms with Crippen LogP contribution in [-0.2, 0) is 4.79 Å². The third-order valence-corrected chi connectivity index (χ3v) is 5.28. The summed E-state index contributed by atoms with van der Waals surface area (Å²) in [4.78, 5) is 16.6. The first-order valence-corrected chi connectivity index (χ1v) is 9.91. The summed E-state index contributed by atoms with van der Waals surface area (Å²) >= 11 is 6.18. The van der Waals surface area contributed by atoms with Crippen molar-refractivity contribution in [2.45, 2.75) is 31.5 Å². The number of aromatic nitrogens is 3. The molecule has 3 heterocycles. The van der Waals surface area contributed by atoms with Crippen LogP contribution in [0.4, 0.5) is 21.7 Å². The molecule has 1 amide bonds. The molecule has 8 nitrogen and oxygen atoms in total. The average Bonchev–Trinajstić information content (AvgIpc) is 3.34. The lowest BCUT2D eigenvalue weighted by molar-refractivity contribution is -0.117. The van der Waals surface area contributed by atoms with Gasteiger partial charge in [0.1, 0.15) is 23.7 Å². The van der Waals surface area contributed by atoms with E-state index in [2.05, 4.69) is 26.0 Å². The quantitative estimate of drug-likeness (QED) is 0.466. The normalized spacial score (nSPS) is 20.0. The number of hydrogen-bond donors (Lipinski definition) is 4. The van der Waals surface area contributed by atoms with E-state index in [1.165, 1.54) is 18.2 Å². The molecule has 4 N–H and O–H groups in total. The van der Waals surface area contributed by atoms with Gasteiger partial charge in [-0.05, 0) is 37.1 Å². The fraction of sp³-hybridized carbons (Fsp3) is 0.250. The number of benzene rings is 1. The number of carbonyl (C=O) groups is 1. The minimum Gasteiger partial charge on any atom is -0.373 e. The molecule has 3 aromatic rings. The number of aliphatic hydroxyl groups is 1. The van der Waals surface area contributed by atoms with Crippen LogP contribution >= 0.6 is 11.6 Å². The van der Waals surface area contributed by atoms with E-state index in [1.807, 2.05) is 0 Å². The first-order valence-electron chi connectivity index (χ1n) is 9.53. The Bertz CT molecular complexity index is 1190. The number of fused-ring (bicyclic) bond motifs is 1. The molecule has 1 unspecified atom stereocenters. The van der Waals surface area contributed by atoms with Gasteiger partial charge in [0, 0.05) is 29.7 Å². The molecule has 0 radical (unpaired) electrons. The van der Waals surface area contributed by atoms with Crippen molar-refractivity contribution < 1.29 is 14.3 Å². The van der Waals surface area contributed by atoms with Crippen LogP contribution in [-0.4, -0.2) is 37.9 Å². The minimum atomic E-state index is -0.891. The fourth-order valence-electron chi connectivity index (χ4n) is 3.32. The molecule has 0 spiro atoms. The Morgan fingerprint density at radius 1 is 1.33 bits per heavy atom. The molecule has 1 saturated carbocycles. The number of hydrogen-bond acceptors (Lipinski definition) is 6. The van der Waals surface area contributed by atoms with Crippen molar-refractivity contribution in [1.29, 1.82) is 0 Å². The Labute approximate surface area is 175 Å². The van der Waals surface area contributed by atoms with E-state index in [9.17, 15) is 14.3 Å². The highest BCUT2D eigenvalue weighted by molar-refractivity contribution is 6.33. The van der Waals surface area contributed by atoms with Crippen molar-refractivity contribution in [2.75, 3.05) is 10.6 Å². The van der Waals surface area contributed by atoms with Gasteiger partial charge in [0.2, 0.25) is 5.91 Å². The third-order valence-electron chi connectivity index (χ3n) is 4.95. The topological polar surface area (TPSA) is 104 Å². The number of carbonyl (C=O) groups excluding carboxylic acids is 1. The maximum Gasteiger partial charge on any atom is 0.249 e. The number of anilines is 3. The van der Waals surface area contributed by atoms with Crippen LogP contribution in [0.2, 0.25) is 5.02 Å². The highest BCUT2D eigenvalue weighted by Crippen LogP contribution is 2.31. The van der Waals surface area contributed by atoms with Crippen LogP contribution in [0, 0.1) is 5.82 Å². The zero-order valence-electron chi connectivity index (χ0n) is 15.7. The molecule has 1 atom stereocenters. The van der Waals surface area contributed by atoms with Crippen molar-refractivity contribution in [3.63, 3.8) is 0 Å². The number of rotatable bonds is 5. The zero-order chi connectivity index (χ0) is 20.8. The number of amides is 1. The molecular formula is C20H18ClFN6O2. The molecule has 154 valence electrons. The monoisotopic (exact) mass is 428 g/mol. The van der Waals surface area contributed by atoms with E-state index in [0.29, 0.717) is 39.4 Å². The Hall–Kier alpha value is -3.17. The van der Waals surface area contributed by atoms with Crippen LogP contribution in [0.5, 0.6) is 0 Å². The average molecular weight is 429 g/mol. The van der Waals surface area contributed by atoms with E-state index in [-0.39, 0.29) is 12.3 Å². The first-order chi connectivity index (χ1) is 14.5. The maximum atomic E-state index is 13.7. The van der Waals surface area contributed by atoms with Gasteiger partial charge in [-0.3, -0.25) is 4.79 Å². The van der Waals surface area contributed by atoms with Crippen molar-refractivity contribution in [1.82, 2.24) is 19.9 Å². The summed E-state index contributed by atoms with van der Waals surface area (Å²) in [5.41, 5.74) is 1.98. The molecule has 0 bridgehead atoms. The summed E-state index contributed by atoms with van der Waals surface area (Å²) in [6, 6.07) is 6.20. The summed E-state index contributed by atoms with van der Waals surface area (Å²) < 4.78 is 15.3. The van der Waals surface area contributed by atoms with Crippen molar-refractivity contribution in [3.8, 4) is 0 Å². The summed E-state index contributed by atoms with van der Waals surface area (Å²) in [6.07, 6.45) is 4.74. The summed E-state index contributed by atoms with van der Waals surface area (Å²) in [7, 11) is 0. The van der Waals surface area contributed by atoms with E-state index >= 15 is 0 Å². The zero-order valence-corrected chi connectivity index (χ0v) is 16.4. The van der Waals surface area contributed by atoms with E-state index in [4.69, 9.17) is 11.6 Å². The lowest BCUT2D eigenvalue weighted by Gasteiger charge is -2.12. The highest BCUT2D eigenvalue weighted by Gasteiger charge is 2.26. The van der Waals surface area contributed by atoms with Crippen LogP contribution in [0.25, 0.3) is 11.7 Å². The molecule has 1 aliphatic heterocycles. The predicted octanol–water partition coefficient (Wildman–Crippen LogP) is 3.06. The van der Waals surface area contributed by atoms with Crippen molar-refractivity contribution >= 4 is 46.6 Å². The van der Waals surface area contributed by atoms with Gasteiger partial charge in [-0.15, -0.1) is 0 Å². The van der Waals surface area contributed by atoms with Crippen LogP contribution in [0.1, 0.15) is 24.8 Å². The van der Waals surface area contributed by atoms with E-state index < -0.39 is 12.0 Å². The second kappa shape index (κ2) is 7.26. The molecule has 2 aromatic heterocycles. The molecule has 2 aliphatic rings. The number of halogens is 2. The molecule has 30 heavy (non-hydrogen) atoms. The Morgan fingerprint density at radius 3 is 2.90 bits per heavy atom. The molecule has 10 heteroatoms. The molecular weight excluding hydrogens is 411 g/mol. The maximum absolute atomic E-state index is 13.7. The SMILES string of the molecule is O=C1NC(O)CC1=Cc1cnn2c(NC3CC3)cc(Nc3cc(F)ccc3Cl)nc12. The summed E-state index contributed by atoms with van der Waals surface area (Å²) in [5.74, 6) is 0.436. The van der Waals surface area contributed by atoms with Gasteiger partial charge >= 0.3 is 0 Å². The molecule has 5 rings (SSSR count). The van der Waals surface area contributed by atoms with Crippen LogP contribution in [0.3, 0.4) is 0 Å². The predicted molar refractivity (Wildman–Crippen MR) is 111 cm³/mol. The lowest BCUT2D eigenvalue weighted by atomic mass is 10.1. The Morgan fingerprint density at radius 2 is 2.17 bits per heavy atom.